The number of rotatable bonds is 5. The summed E-state index contributed by atoms with van der Waals surface area (Å²) in [6.07, 6.45) is 3.85. The molecular weight excluding hydrogens is 317 g/mol. The van der Waals surface area contributed by atoms with Crippen LogP contribution in [-0.2, 0) is 4.79 Å². The van der Waals surface area contributed by atoms with E-state index in [0.29, 0.717) is 30.3 Å². The molecule has 1 N–H and O–H groups in total. The highest BCUT2D eigenvalue weighted by atomic mass is 19.1. The fourth-order valence-corrected chi connectivity index (χ4v) is 3.89. The summed E-state index contributed by atoms with van der Waals surface area (Å²) in [5.41, 5.74) is 1.10. The Hall–Kier alpha value is -1.62. The molecule has 2 fully saturated rings. The van der Waals surface area contributed by atoms with Gasteiger partial charge in [-0.15, -0.1) is 0 Å². The quantitative estimate of drug-likeness (QED) is 0.889. The predicted molar refractivity (Wildman–Crippen MR) is 99.2 cm³/mol. The average molecular weight is 347 g/mol. The van der Waals surface area contributed by atoms with Gasteiger partial charge in [0.1, 0.15) is 5.82 Å². The summed E-state index contributed by atoms with van der Waals surface area (Å²) in [6.45, 7) is 7.92. The Kier molecular flexibility index (Phi) is 5.94. The fraction of sp³-hybridized carbons (Fsp3) is 0.650. The minimum absolute atomic E-state index is 0.184. The van der Waals surface area contributed by atoms with E-state index in [1.54, 1.807) is 0 Å². The number of nitrogens with one attached hydrogen (secondary N) is 1. The van der Waals surface area contributed by atoms with Crippen molar-refractivity contribution in [2.75, 3.05) is 31.1 Å². The fourth-order valence-electron chi connectivity index (χ4n) is 3.89. The summed E-state index contributed by atoms with van der Waals surface area (Å²) in [7, 11) is 0. The minimum atomic E-state index is -0.184. The van der Waals surface area contributed by atoms with Crippen LogP contribution < -0.4 is 10.2 Å². The van der Waals surface area contributed by atoms with Crippen molar-refractivity contribution in [3.8, 4) is 0 Å². The number of halogens is 1. The number of carbonyl (C=O) groups is 1. The van der Waals surface area contributed by atoms with Gasteiger partial charge in [0, 0.05) is 50.4 Å². The van der Waals surface area contributed by atoms with E-state index in [1.165, 1.54) is 12.1 Å². The predicted octanol–water partition coefficient (Wildman–Crippen LogP) is 3.03. The molecule has 0 aliphatic carbocycles. The van der Waals surface area contributed by atoms with E-state index in [0.717, 1.165) is 51.1 Å². The Bertz CT molecular complexity index is 567. The Balaban J connectivity index is 1.42. The lowest BCUT2D eigenvalue weighted by Crippen LogP contribution is -2.48. The molecule has 4 nitrogen and oxygen atoms in total. The maximum absolute atomic E-state index is 13.1. The van der Waals surface area contributed by atoms with Gasteiger partial charge in [0.2, 0.25) is 5.91 Å². The van der Waals surface area contributed by atoms with Gasteiger partial charge in [0.05, 0.1) is 0 Å². The van der Waals surface area contributed by atoms with Crippen LogP contribution in [0, 0.1) is 11.7 Å². The lowest BCUT2D eigenvalue weighted by molar-refractivity contribution is -0.133. The number of piperidine rings is 1. The second kappa shape index (κ2) is 8.17. The zero-order chi connectivity index (χ0) is 17.8. The molecule has 0 spiro atoms. The summed E-state index contributed by atoms with van der Waals surface area (Å²) >= 11 is 0. The molecule has 0 saturated carbocycles. The maximum Gasteiger partial charge on any atom is 0.222 e. The molecule has 2 aliphatic heterocycles. The Morgan fingerprint density at radius 1 is 1.12 bits per heavy atom. The third-order valence-electron chi connectivity index (χ3n) is 5.28. The normalized spacial score (nSPS) is 22.0. The van der Waals surface area contributed by atoms with E-state index in [4.69, 9.17) is 0 Å². The van der Waals surface area contributed by atoms with Crippen LogP contribution in [0.1, 0.15) is 39.5 Å². The zero-order valence-corrected chi connectivity index (χ0v) is 15.4. The number of anilines is 1. The molecule has 1 aromatic rings. The molecule has 0 aromatic heterocycles. The van der Waals surface area contributed by atoms with Crippen molar-refractivity contribution >= 4 is 11.6 Å². The van der Waals surface area contributed by atoms with Gasteiger partial charge in [-0.2, -0.15) is 0 Å². The molecule has 1 amide bonds. The van der Waals surface area contributed by atoms with Gasteiger partial charge in [-0.1, -0.05) is 13.8 Å². The third kappa shape index (κ3) is 4.94. The lowest BCUT2D eigenvalue weighted by atomic mass is 10.0. The number of hydrogen-bond donors (Lipinski definition) is 1. The van der Waals surface area contributed by atoms with E-state index in [2.05, 4.69) is 24.1 Å². The van der Waals surface area contributed by atoms with E-state index in [1.807, 2.05) is 17.0 Å². The zero-order valence-electron chi connectivity index (χ0n) is 15.4. The topological polar surface area (TPSA) is 35.6 Å². The van der Waals surface area contributed by atoms with Gasteiger partial charge in [-0.25, -0.2) is 4.39 Å². The summed E-state index contributed by atoms with van der Waals surface area (Å²) in [5, 5.41) is 3.78. The van der Waals surface area contributed by atoms with E-state index in [-0.39, 0.29) is 5.82 Å². The van der Waals surface area contributed by atoms with Crippen molar-refractivity contribution in [2.45, 2.75) is 51.6 Å². The first-order valence-electron chi connectivity index (χ1n) is 9.55. The van der Waals surface area contributed by atoms with Crippen LogP contribution >= 0.6 is 0 Å². The largest absolute Gasteiger partial charge is 0.370 e. The molecule has 1 unspecified atom stereocenters. The first-order chi connectivity index (χ1) is 12.0. The van der Waals surface area contributed by atoms with Gasteiger partial charge in [0.25, 0.3) is 0 Å². The van der Waals surface area contributed by atoms with Crippen molar-refractivity contribution in [1.82, 2.24) is 10.2 Å². The van der Waals surface area contributed by atoms with Gasteiger partial charge in [-0.05, 0) is 49.4 Å². The summed E-state index contributed by atoms with van der Waals surface area (Å²) in [4.78, 5) is 16.5. The van der Waals surface area contributed by atoms with Crippen LogP contribution in [0.3, 0.4) is 0 Å². The van der Waals surface area contributed by atoms with Crippen molar-refractivity contribution in [2.24, 2.45) is 5.92 Å². The van der Waals surface area contributed by atoms with Crippen LogP contribution in [0.5, 0.6) is 0 Å². The molecule has 1 atom stereocenters. The van der Waals surface area contributed by atoms with Crippen molar-refractivity contribution in [3.05, 3.63) is 30.1 Å². The summed E-state index contributed by atoms with van der Waals surface area (Å²) in [6, 6.07) is 7.75. The van der Waals surface area contributed by atoms with Gasteiger partial charge >= 0.3 is 0 Å². The van der Waals surface area contributed by atoms with E-state index in [9.17, 15) is 9.18 Å². The standard InChI is InChI=1S/C20H30FN3O/c1-15(2)13-20(25)23-10-7-17(8-11-23)22-18-9-12-24(14-18)19-5-3-16(21)4-6-19/h3-6,15,17-18,22H,7-14H2,1-2H3. The van der Waals surface area contributed by atoms with E-state index >= 15 is 0 Å². The lowest BCUT2D eigenvalue weighted by Gasteiger charge is -2.34. The summed E-state index contributed by atoms with van der Waals surface area (Å²) in [5.74, 6) is 0.549. The van der Waals surface area contributed by atoms with Crippen molar-refractivity contribution < 1.29 is 9.18 Å². The molecule has 2 aliphatic rings. The molecular formula is C20H30FN3O. The number of likely N-dealkylation sites (tertiary alicyclic amines) is 1. The first-order valence-corrected chi connectivity index (χ1v) is 9.55. The monoisotopic (exact) mass is 347 g/mol. The number of amides is 1. The van der Waals surface area contributed by atoms with Crippen LogP contribution in [0.15, 0.2) is 24.3 Å². The highest BCUT2D eigenvalue weighted by molar-refractivity contribution is 5.76. The molecule has 3 rings (SSSR count). The molecule has 0 bridgehead atoms. The Labute approximate surface area is 150 Å². The number of nitrogens with zero attached hydrogens (tertiary/aromatic N) is 2. The second-order valence-corrected chi connectivity index (χ2v) is 7.83. The minimum Gasteiger partial charge on any atom is -0.370 e. The summed E-state index contributed by atoms with van der Waals surface area (Å²) < 4.78 is 13.1. The smallest absolute Gasteiger partial charge is 0.222 e. The highest BCUT2D eigenvalue weighted by Gasteiger charge is 2.28. The molecule has 1 aromatic carbocycles. The van der Waals surface area contributed by atoms with Crippen molar-refractivity contribution in [3.63, 3.8) is 0 Å². The van der Waals surface area contributed by atoms with Crippen molar-refractivity contribution in [1.29, 1.82) is 0 Å². The molecule has 2 saturated heterocycles. The molecule has 2 heterocycles. The molecule has 0 radical (unpaired) electrons. The van der Waals surface area contributed by atoms with Crippen LogP contribution in [0.25, 0.3) is 0 Å². The number of hydrogen-bond acceptors (Lipinski definition) is 3. The van der Waals surface area contributed by atoms with E-state index < -0.39 is 0 Å². The Morgan fingerprint density at radius 2 is 1.76 bits per heavy atom. The van der Waals surface area contributed by atoms with Crippen LogP contribution in [0.4, 0.5) is 10.1 Å². The SMILES string of the molecule is CC(C)CC(=O)N1CCC(NC2CCN(c3ccc(F)cc3)C2)CC1. The molecule has 138 valence electrons. The van der Waals surface area contributed by atoms with Gasteiger partial charge in [-0.3, -0.25) is 4.79 Å². The third-order valence-corrected chi connectivity index (χ3v) is 5.28. The second-order valence-electron chi connectivity index (χ2n) is 7.83. The first kappa shape index (κ1) is 18.2. The number of carbonyl (C=O) groups excluding carboxylic acids is 1. The Morgan fingerprint density at radius 3 is 2.40 bits per heavy atom. The van der Waals surface area contributed by atoms with Crippen LogP contribution in [0.2, 0.25) is 0 Å². The maximum atomic E-state index is 13.1. The average Bonchev–Trinajstić information content (AvgIpc) is 3.04. The van der Waals surface area contributed by atoms with Crippen LogP contribution in [-0.4, -0.2) is 49.1 Å². The van der Waals surface area contributed by atoms with Gasteiger partial charge in [0.15, 0.2) is 0 Å². The van der Waals surface area contributed by atoms with Gasteiger partial charge < -0.3 is 15.1 Å². The highest BCUT2D eigenvalue weighted by Crippen LogP contribution is 2.22. The number of benzene rings is 1. The molecule has 25 heavy (non-hydrogen) atoms. The molecule has 5 heteroatoms.